The van der Waals surface area contributed by atoms with Crippen molar-refractivity contribution in [2.75, 3.05) is 63.1 Å². The van der Waals surface area contributed by atoms with E-state index in [0.29, 0.717) is 31.0 Å². The minimum absolute atomic E-state index is 0.167. The number of nitrogen functional groups attached to an aromatic ring is 1. The number of anilines is 2. The molecule has 8 heteroatoms. The number of piperazine rings is 1. The molecular formula is C49H81N5O3. The molecule has 0 spiro atoms. The van der Waals surface area contributed by atoms with E-state index in [1.807, 2.05) is 27.7 Å². The summed E-state index contributed by atoms with van der Waals surface area (Å²) >= 11 is 0. The molecule has 2 unspecified atom stereocenters. The molecule has 2 aromatic rings. The molecule has 2 N–H and O–H groups in total. The Labute approximate surface area is 348 Å². The molecule has 2 atom stereocenters. The maximum atomic E-state index is 6.68. The van der Waals surface area contributed by atoms with E-state index in [2.05, 4.69) is 107 Å². The molecule has 4 fully saturated rings. The van der Waals surface area contributed by atoms with Crippen LogP contribution >= 0.6 is 0 Å². The SMILES string of the molecule is CC.CCC(C)C(CC)N(CC1(C)COC(C)(C)OC1)c1c(C)c(N)nc2cc(C#CCN3CCN(C(OC(C)(C)C)=C4CCC4)CC3)ccc12.CCC1CCC1. The number of fused-ring (bicyclic) bond motifs is 1. The van der Waals surface area contributed by atoms with Crippen molar-refractivity contribution in [3.8, 4) is 11.8 Å². The highest BCUT2D eigenvalue weighted by Crippen LogP contribution is 2.40. The number of benzene rings is 1. The first kappa shape index (κ1) is 46.7. The maximum Gasteiger partial charge on any atom is 0.189 e. The molecule has 1 aromatic carbocycles. The number of allylic oxidation sites excluding steroid dienone is 1. The average Bonchev–Trinajstić information content (AvgIpc) is 3.13. The van der Waals surface area contributed by atoms with E-state index >= 15 is 0 Å². The summed E-state index contributed by atoms with van der Waals surface area (Å²) in [7, 11) is 0. The number of hydrogen-bond acceptors (Lipinski definition) is 8. The third-order valence-corrected chi connectivity index (χ3v) is 12.4. The van der Waals surface area contributed by atoms with Gasteiger partial charge in [0.25, 0.3) is 0 Å². The van der Waals surface area contributed by atoms with Crippen LogP contribution in [0.15, 0.2) is 29.7 Å². The fourth-order valence-corrected chi connectivity index (χ4v) is 8.14. The van der Waals surface area contributed by atoms with Crippen LogP contribution in [0.2, 0.25) is 0 Å². The predicted octanol–water partition coefficient (Wildman–Crippen LogP) is 10.9. The molecule has 3 heterocycles. The Bertz CT molecular complexity index is 1650. The summed E-state index contributed by atoms with van der Waals surface area (Å²) in [5.41, 5.74) is 11.9. The van der Waals surface area contributed by atoms with Crippen LogP contribution in [-0.2, 0) is 14.2 Å². The van der Waals surface area contributed by atoms with Gasteiger partial charge in [0.15, 0.2) is 11.7 Å². The fourth-order valence-electron chi connectivity index (χ4n) is 8.14. The van der Waals surface area contributed by atoms with Gasteiger partial charge < -0.3 is 29.7 Å². The largest absolute Gasteiger partial charge is 0.473 e. The summed E-state index contributed by atoms with van der Waals surface area (Å²) in [6.45, 7) is 34.8. The van der Waals surface area contributed by atoms with Gasteiger partial charge in [-0.3, -0.25) is 4.90 Å². The molecule has 0 bridgehead atoms. The summed E-state index contributed by atoms with van der Waals surface area (Å²) in [6.07, 6.45) is 11.7. The van der Waals surface area contributed by atoms with Crippen LogP contribution in [0, 0.1) is 36.0 Å². The second kappa shape index (κ2) is 20.8. The van der Waals surface area contributed by atoms with E-state index in [9.17, 15) is 0 Å². The zero-order valence-corrected chi connectivity index (χ0v) is 38.6. The molecule has 8 nitrogen and oxygen atoms in total. The van der Waals surface area contributed by atoms with Gasteiger partial charge in [0.1, 0.15) is 11.4 Å². The summed E-state index contributed by atoms with van der Waals surface area (Å²) in [5, 5.41) is 1.12. The summed E-state index contributed by atoms with van der Waals surface area (Å²) < 4.78 is 18.8. The summed E-state index contributed by atoms with van der Waals surface area (Å²) in [4.78, 5) is 12.4. The Hall–Kier alpha value is -2.99. The number of ether oxygens (including phenoxy) is 3. The number of hydrogen-bond donors (Lipinski definition) is 1. The number of rotatable bonds is 11. The van der Waals surface area contributed by atoms with Crippen molar-refractivity contribution >= 4 is 22.4 Å². The highest BCUT2D eigenvalue weighted by molar-refractivity contribution is 5.96. The van der Waals surface area contributed by atoms with Crippen LogP contribution in [0.5, 0.6) is 0 Å². The second-order valence-corrected chi connectivity index (χ2v) is 18.7. The number of nitrogens with two attached hydrogens (primary N) is 1. The van der Waals surface area contributed by atoms with Crippen molar-refractivity contribution in [1.82, 2.24) is 14.8 Å². The lowest BCUT2D eigenvalue weighted by Crippen LogP contribution is -2.53. The molecule has 2 aliphatic carbocycles. The van der Waals surface area contributed by atoms with E-state index in [4.69, 9.17) is 24.9 Å². The van der Waals surface area contributed by atoms with Gasteiger partial charge in [0.2, 0.25) is 0 Å². The second-order valence-electron chi connectivity index (χ2n) is 18.7. The van der Waals surface area contributed by atoms with Crippen LogP contribution in [0.1, 0.15) is 152 Å². The van der Waals surface area contributed by atoms with Gasteiger partial charge in [-0.25, -0.2) is 4.98 Å². The van der Waals surface area contributed by atoms with E-state index in [1.54, 1.807) is 0 Å². The molecule has 57 heavy (non-hydrogen) atoms. The Kier molecular flexibility index (Phi) is 17.0. The molecule has 0 amide bonds. The molecule has 6 rings (SSSR count). The van der Waals surface area contributed by atoms with Crippen molar-refractivity contribution in [3.63, 3.8) is 0 Å². The Balaban J connectivity index is 0.000000811. The molecule has 2 saturated carbocycles. The minimum Gasteiger partial charge on any atom is -0.473 e. The minimum atomic E-state index is -0.557. The topological polar surface area (TPSA) is 76.3 Å². The van der Waals surface area contributed by atoms with Crippen LogP contribution in [0.3, 0.4) is 0 Å². The third kappa shape index (κ3) is 12.8. The van der Waals surface area contributed by atoms with Crippen LogP contribution in [0.4, 0.5) is 11.5 Å². The maximum absolute atomic E-state index is 6.68. The van der Waals surface area contributed by atoms with Crippen LogP contribution in [0.25, 0.3) is 10.9 Å². The molecule has 4 aliphatic rings. The van der Waals surface area contributed by atoms with Gasteiger partial charge in [0, 0.05) is 60.7 Å². The van der Waals surface area contributed by atoms with Crippen molar-refractivity contribution in [2.45, 2.75) is 165 Å². The van der Waals surface area contributed by atoms with Gasteiger partial charge in [-0.05, 0) is 103 Å². The third-order valence-electron chi connectivity index (χ3n) is 12.4. The Morgan fingerprint density at radius 2 is 1.65 bits per heavy atom. The van der Waals surface area contributed by atoms with E-state index in [0.717, 1.165) is 85.9 Å². The normalized spacial score (nSPS) is 20.3. The lowest BCUT2D eigenvalue weighted by molar-refractivity contribution is -0.280. The van der Waals surface area contributed by atoms with Gasteiger partial charge in [0.05, 0.1) is 31.0 Å². The standard InChI is InChI=1S/C41H63N5O3.C6H12.C2H6/c1-11-29(3)35(12-2)46(26-41(10)27-47-40(8,9)48-28-41)36-30(4)37(42)43-34-25-31(18-19-33(34)36)15-14-20-44-21-23-45(24-22-44)38(32-16-13-17-32)49-39(5,6)7;1-2-6-4-3-5-6;1-2/h18-19,25,29,35H,11-13,16-17,20-24,26-28H2,1-10H3,(H2,42,43);6H,2-5H2,1H3;1-2H3. The van der Waals surface area contributed by atoms with Gasteiger partial charge in [-0.2, -0.15) is 0 Å². The molecule has 320 valence electrons. The fraction of sp³-hybridized carbons (Fsp3) is 0.735. The molecular weight excluding hydrogens is 707 g/mol. The summed E-state index contributed by atoms with van der Waals surface area (Å²) in [6, 6.07) is 6.79. The zero-order valence-electron chi connectivity index (χ0n) is 38.6. The van der Waals surface area contributed by atoms with Gasteiger partial charge >= 0.3 is 0 Å². The first-order valence-electron chi connectivity index (χ1n) is 22.7. The van der Waals surface area contributed by atoms with Crippen LogP contribution in [-0.4, -0.2) is 84.7 Å². The van der Waals surface area contributed by atoms with Gasteiger partial charge in [-0.1, -0.05) is 92.4 Å². The summed E-state index contributed by atoms with van der Waals surface area (Å²) in [5.74, 6) is 9.66. The highest BCUT2D eigenvalue weighted by atomic mass is 16.7. The van der Waals surface area contributed by atoms with E-state index in [-0.39, 0.29) is 11.0 Å². The smallest absolute Gasteiger partial charge is 0.189 e. The van der Waals surface area contributed by atoms with Crippen molar-refractivity contribution < 1.29 is 14.2 Å². The molecule has 2 aliphatic heterocycles. The predicted molar refractivity (Wildman–Crippen MR) is 241 cm³/mol. The average molecular weight is 788 g/mol. The van der Waals surface area contributed by atoms with Crippen molar-refractivity contribution in [2.24, 2.45) is 17.3 Å². The van der Waals surface area contributed by atoms with Gasteiger partial charge in [-0.15, -0.1) is 0 Å². The Morgan fingerprint density at radius 3 is 2.14 bits per heavy atom. The first-order valence-corrected chi connectivity index (χ1v) is 22.7. The molecule has 0 radical (unpaired) electrons. The quantitative estimate of drug-likeness (QED) is 0.178. The van der Waals surface area contributed by atoms with Crippen molar-refractivity contribution in [1.29, 1.82) is 0 Å². The molecule has 2 saturated heterocycles. The molecule has 1 aromatic heterocycles. The lowest BCUT2D eigenvalue weighted by Gasteiger charge is -2.47. The zero-order chi connectivity index (χ0) is 42.0. The van der Waals surface area contributed by atoms with Crippen LogP contribution < -0.4 is 10.6 Å². The Morgan fingerprint density at radius 1 is 1.00 bits per heavy atom. The lowest BCUT2D eigenvalue weighted by atomic mass is 9.84. The van der Waals surface area contributed by atoms with Crippen molar-refractivity contribution in [3.05, 3.63) is 40.8 Å². The monoisotopic (exact) mass is 788 g/mol. The first-order chi connectivity index (χ1) is 27.0. The van der Waals surface area contributed by atoms with E-state index < -0.39 is 5.79 Å². The van der Waals surface area contributed by atoms with E-state index in [1.165, 1.54) is 56.2 Å². The number of pyridine rings is 1. The number of aromatic nitrogens is 1. The highest BCUT2D eigenvalue weighted by Gasteiger charge is 2.40. The number of nitrogens with zero attached hydrogens (tertiary/aromatic N) is 4.